The van der Waals surface area contributed by atoms with Gasteiger partial charge in [0.25, 0.3) is 0 Å². The van der Waals surface area contributed by atoms with E-state index < -0.39 is 0 Å². The van der Waals surface area contributed by atoms with Crippen LogP contribution in [0, 0.1) is 13.8 Å². The molecule has 0 atom stereocenters. The largest absolute Gasteiger partial charge is 0.496 e. The average Bonchev–Trinajstić information content (AvgIpc) is 2.29. The molecule has 0 heterocycles. The Labute approximate surface area is 117 Å². The van der Waals surface area contributed by atoms with Crippen molar-refractivity contribution in [1.82, 2.24) is 4.90 Å². The first-order chi connectivity index (χ1) is 8.74. The first-order valence-electron chi connectivity index (χ1n) is 6.85. The van der Waals surface area contributed by atoms with Crippen molar-refractivity contribution in [3.05, 3.63) is 28.8 Å². The first kappa shape index (κ1) is 16.0. The molecule has 0 amide bonds. The summed E-state index contributed by atoms with van der Waals surface area (Å²) < 4.78 is 5.35. The summed E-state index contributed by atoms with van der Waals surface area (Å²) in [5.41, 5.74) is 9.86. The Morgan fingerprint density at radius 2 is 1.84 bits per heavy atom. The van der Waals surface area contributed by atoms with Gasteiger partial charge in [-0.05, 0) is 63.9 Å². The molecule has 108 valence electrons. The van der Waals surface area contributed by atoms with Gasteiger partial charge in [-0.15, -0.1) is 0 Å². The standard InChI is InChI=1S/C16H28N2O/c1-12-13(2)15(19-6)8-7-14(12)9-10-18(5)11-16(3,4)17/h7-8H,9-11,17H2,1-6H3. The van der Waals surface area contributed by atoms with Crippen LogP contribution in [0.15, 0.2) is 12.1 Å². The molecule has 0 spiro atoms. The first-order valence-corrected chi connectivity index (χ1v) is 6.85. The molecule has 2 N–H and O–H groups in total. The summed E-state index contributed by atoms with van der Waals surface area (Å²) in [5, 5.41) is 0. The third-order valence-corrected chi connectivity index (χ3v) is 3.51. The van der Waals surface area contributed by atoms with Crippen LogP contribution in [0.5, 0.6) is 5.75 Å². The van der Waals surface area contributed by atoms with E-state index in [1.54, 1.807) is 7.11 Å². The predicted molar refractivity (Wildman–Crippen MR) is 81.9 cm³/mol. The second kappa shape index (κ2) is 6.40. The SMILES string of the molecule is COc1ccc(CCN(C)CC(C)(C)N)c(C)c1C. The summed E-state index contributed by atoms with van der Waals surface area (Å²) in [6.07, 6.45) is 1.04. The average molecular weight is 264 g/mol. The van der Waals surface area contributed by atoms with Crippen LogP contribution in [0.25, 0.3) is 0 Å². The summed E-state index contributed by atoms with van der Waals surface area (Å²) >= 11 is 0. The minimum atomic E-state index is -0.139. The molecule has 19 heavy (non-hydrogen) atoms. The number of ether oxygens (including phenoxy) is 1. The molecule has 0 bridgehead atoms. The van der Waals surface area contributed by atoms with Crippen LogP contribution in [0.2, 0.25) is 0 Å². The fourth-order valence-electron chi connectivity index (χ4n) is 2.43. The van der Waals surface area contributed by atoms with E-state index in [1.165, 1.54) is 16.7 Å². The van der Waals surface area contributed by atoms with Gasteiger partial charge in [-0.2, -0.15) is 0 Å². The van der Waals surface area contributed by atoms with E-state index in [9.17, 15) is 0 Å². The number of likely N-dealkylation sites (N-methyl/N-ethyl adjacent to an activating group) is 1. The summed E-state index contributed by atoms with van der Waals surface area (Å²) in [6.45, 7) is 10.3. The number of hydrogen-bond acceptors (Lipinski definition) is 3. The van der Waals surface area contributed by atoms with E-state index in [1.807, 2.05) is 0 Å². The second-order valence-electron chi connectivity index (χ2n) is 6.15. The predicted octanol–water partition coefficient (Wildman–Crippen LogP) is 2.52. The Morgan fingerprint density at radius 3 is 2.37 bits per heavy atom. The van der Waals surface area contributed by atoms with Crippen LogP contribution in [0.4, 0.5) is 0 Å². The van der Waals surface area contributed by atoms with E-state index in [-0.39, 0.29) is 5.54 Å². The van der Waals surface area contributed by atoms with Gasteiger partial charge in [-0.1, -0.05) is 6.07 Å². The van der Waals surface area contributed by atoms with Gasteiger partial charge in [0.05, 0.1) is 7.11 Å². The van der Waals surface area contributed by atoms with Gasteiger partial charge in [-0.3, -0.25) is 0 Å². The summed E-state index contributed by atoms with van der Waals surface area (Å²) in [6, 6.07) is 4.23. The molecule has 1 aromatic carbocycles. The molecule has 0 saturated carbocycles. The molecule has 0 unspecified atom stereocenters. The third kappa shape index (κ3) is 4.84. The summed E-state index contributed by atoms with van der Waals surface area (Å²) in [5.74, 6) is 0.970. The molecule has 0 aliphatic heterocycles. The molecule has 0 aliphatic carbocycles. The van der Waals surface area contributed by atoms with Gasteiger partial charge < -0.3 is 15.4 Å². The molecule has 3 heteroatoms. The normalized spacial score (nSPS) is 12.0. The minimum Gasteiger partial charge on any atom is -0.496 e. The van der Waals surface area contributed by atoms with Crippen molar-refractivity contribution in [3.63, 3.8) is 0 Å². The lowest BCUT2D eigenvalue weighted by Crippen LogP contribution is -2.44. The molecular formula is C16H28N2O. The van der Waals surface area contributed by atoms with Gasteiger partial charge >= 0.3 is 0 Å². The Morgan fingerprint density at radius 1 is 1.21 bits per heavy atom. The lowest BCUT2D eigenvalue weighted by molar-refractivity contribution is 0.273. The highest BCUT2D eigenvalue weighted by Gasteiger charge is 2.14. The minimum absolute atomic E-state index is 0.139. The molecular weight excluding hydrogens is 236 g/mol. The van der Waals surface area contributed by atoms with Gasteiger partial charge in [-0.25, -0.2) is 0 Å². The number of methoxy groups -OCH3 is 1. The molecule has 0 fully saturated rings. The van der Waals surface area contributed by atoms with Crippen LogP contribution in [-0.2, 0) is 6.42 Å². The number of hydrogen-bond donors (Lipinski definition) is 1. The monoisotopic (exact) mass is 264 g/mol. The number of rotatable bonds is 6. The Balaban J connectivity index is 2.66. The van der Waals surface area contributed by atoms with Gasteiger partial charge in [0.15, 0.2) is 0 Å². The lowest BCUT2D eigenvalue weighted by atomic mass is 9.99. The zero-order valence-electron chi connectivity index (χ0n) is 13.2. The van der Waals surface area contributed by atoms with Crippen molar-refractivity contribution < 1.29 is 4.74 Å². The fraction of sp³-hybridized carbons (Fsp3) is 0.625. The fourth-order valence-corrected chi connectivity index (χ4v) is 2.43. The van der Waals surface area contributed by atoms with Crippen LogP contribution in [0.3, 0.4) is 0 Å². The number of nitrogens with zero attached hydrogens (tertiary/aromatic N) is 1. The Hall–Kier alpha value is -1.06. The molecule has 1 aromatic rings. The highest BCUT2D eigenvalue weighted by Crippen LogP contribution is 2.24. The van der Waals surface area contributed by atoms with E-state index in [4.69, 9.17) is 10.5 Å². The molecule has 0 radical (unpaired) electrons. The highest BCUT2D eigenvalue weighted by molar-refractivity contribution is 5.43. The molecule has 3 nitrogen and oxygen atoms in total. The molecule has 0 aromatic heterocycles. The molecule has 0 aliphatic rings. The Kier molecular flexibility index (Phi) is 5.39. The van der Waals surface area contributed by atoms with Crippen molar-refractivity contribution >= 4 is 0 Å². The summed E-state index contributed by atoms with van der Waals surface area (Å²) in [7, 11) is 3.85. The van der Waals surface area contributed by atoms with Gasteiger partial charge in [0, 0.05) is 18.6 Å². The van der Waals surface area contributed by atoms with Gasteiger partial charge in [0.1, 0.15) is 5.75 Å². The topological polar surface area (TPSA) is 38.5 Å². The highest BCUT2D eigenvalue weighted by atomic mass is 16.5. The molecule has 1 rings (SSSR count). The maximum atomic E-state index is 6.04. The zero-order valence-corrected chi connectivity index (χ0v) is 13.2. The lowest BCUT2D eigenvalue weighted by Gasteiger charge is -2.26. The van der Waals surface area contributed by atoms with Crippen molar-refractivity contribution in [2.45, 2.75) is 39.7 Å². The quantitative estimate of drug-likeness (QED) is 0.858. The van der Waals surface area contributed by atoms with Crippen molar-refractivity contribution in [2.75, 3.05) is 27.2 Å². The second-order valence-corrected chi connectivity index (χ2v) is 6.15. The van der Waals surface area contributed by atoms with Crippen molar-refractivity contribution in [1.29, 1.82) is 0 Å². The summed E-state index contributed by atoms with van der Waals surface area (Å²) in [4.78, 5) is 2.29. The number of nitrogens with two attached hydrogens (primary N) is 1. The van der Waals surface area contributed by atoms with Crippen LogP contribution < -0.4 is 10.5 Å². The van der Waals surface area contributed by atoms with E-state index in [2.05, 4.69) is 51.8 Å². The van der Waals surface area contributed by atoms with E-state index >= 15 is 0 Å². The van der Waals surface area contributed by atoms with Crippen molar-refractivity contribution in [3.8, 4) is 5.75 Å². The van der Waals surface area contributed by atoms with E-state index in [0.29, 0.717) is 0 Å². The van der Waals surface area contributed by atoms with Crippen LogP contribution in [-0.4, -0.2) is 37.7 Å². The number of benzene rings is 1. The third-order valence-electron chi connectivity index (χ3n) is 3.51. The maximum Gasteiger partial charge on any atom is 0.122 e. The van der Waals surface area contributed by atoms with E-state index in [0.717, 1.165) is 25.3 Å². The Bertz CT molecular complexity index is 421. The maximum absolute atomic E-state index is 6.04. The van der Waals surface area contributed by atoms with Crippen molar-refractivity contribution in [2.24, 2.45) is 5.73 Å². The smallest absolute Gasteiger partial charge is 0.122 e. The van der Waals surface area contributed by atoms with Gasteiger partial charge in [0.2, 0.25) is 0 Å². The van der Waals surface area contributed by atoms with Crippen LogP contribution >= 0.6 is 0 Å². The molecule has 0 saturated heterocycles. The van der Waals surface area contributed by atoms with Crippen LogP contribution in [0.1, 0.15) is 30.5 Å². The zero-order chi connectivity index (χ0) is 14.6.